The van der Waals surface area contributed by atoms with E-state index in [1.807, 2.05) is 31.2 Å². The van der Waals surface area contributed by atoms with Crippen molar-refractivity contribution in [2.75, 3.05) is 0 Å². The number of hydrogen-bond donors (Lipinski definition) is 1. The van der Waals surface area contributed by atoms with Crippen LogP contribution in [0.25, 0.3) is 0 Å². The van der Waals surface area contributed by atoms with Gasteiger partial charge in [-0.2, -0.15) is 0 Å². The molecule has 0 fully saturated rings. The minimum atomic E-state index is -0.361. The number of carbonyl (C=O) groups excluding carboxylic acids is 1. The number of ketones is 1. The molecule has 1 rings (SSSR count). The lowest BCUT2D eigenvalue weighted by Gasteiger charge is -2.19. The molecule has 0 spiro atoms. The molecule has 0 radical (unpaired) electrons. The molecule has 0 saturated heterocycles. The van der Waals surface area contributed by atoms with Crippen LogP contribution in [0, 0.1) is 0 Å². The average molecular weight is 233 g/mol. The Kier molecular flexibility index (Phi) is 4.47. The van der Waals surface area contributed by atoms with Gasteiger partial charge in [0, 0.05) is 5.56 Å². The first kappa shape index (κ1) is 13.9. The Hall–Kier alpha value is -1.15. The third kappa shape index (κ3) is 3.67. The maximum Gasteiger partial charge on any atom is 0.179 e. The highest BCUT2D eigenvalue weighted by molar-refractivity contribution is 5.99. The summed E-state index contributed by atoms with van der Waals surface area (Å²) >= 11 is 0. The summed E-state index contributed by atoms with van der Waals surface area (Å²) in [6.45, 7) is 8.52. The summed E-state index contributed by atoms with van der Waals surface area (Å²) in [7, 11) is 0. The minimum Gasteiger partial charge on any atom is -0.321 e. The van der Waals surface area contributed by atoms with Gasteiger partial charge in [0.15, 0.2) is 5.78 Å². The van der Waals surface area contributed by atoms with E-state index in [-0.39, 0.29) is 17.2 Å². The second-order valence-corrected chi connectivity index (χ2v) is 5.59. The molecule has 0 aliphatic rings. The fourth-order valence-corrected chi connectivity index (χ4v) is 1.79. The molecule has 0 saturated carbocycles. The molecule has 17 heavy (non-hydrogen) atoms. The summed E-state index contributed by atoms with van der Waals surface area (Å²) in [4.78, 5) is 12.0. The second kappa shape index (κ2) is 5.46. The number of hydrogen-bond acceptors (Lipinski definition) is 2. The van der Waals surface area contributed by atoms with Crippen LogP contribution >= 0.6 is 0 Å². The van der Waals surface area contributed by atoms with E-state index in [2.05, 4.69) is 20.8 Å². The van der Waals surface area contributed by atoms with Crippen LogP contribution in [0.3, 0.4) is 0 Å². The highest BCUT2D eigenvalue weighted by atomic mass is 16.1. The average Bonchev–Trinajstić information content (AvgIpc) is 2.27. The number of benzene rings is 1. The number of nitrogens with two attached hydrogens (primary N) is 1. The normalized spacial score (nSPS) is 13.5. The van der Waals surface area contributed by atoms with Crippen LogP contribution in [0.15, 0.2) is 24.3 Å². The first-order chi connectivity index (χ1) is 7.86. The molecule has 1 atom stereocenters. The molecule has 0 bridgehead atoms. The Bertz CT molecular complexity index is 373. The molecule has 0 heterocycles. The van der Waals surface area contributed by atoms with Crippen molar-refractivity contribution < 1.29 is 4.79 Å². The predicted molar refractivity (Wildman–Crippen MR) is 72.4 cm³/mol. The number of rotatable bonds is 4. The lowest BCUT2D eigenvalue weighted by molar-refractivity contribution is 0.0957. The molecule has 2 N–H and O–H groups in total. The molecular formula is C15H23NO. The summed E-state index contributed by atoms with van der Waals surface area (Å²) in [5.41, 5.74) is 7.91. The highest BCUT2D eigenvalue weighted by Crippen LogP contribution is 2.22. The minimum absolute atomic E-state index is 0.0484. The van der Waals surface area contributed by atoms with E-state index in [0.29, 0.717) is 0 Å². The van der Waals surface area contributed by atoms with E-state index in [4.69, 9.17) is 5.73 Å². The molecule has 2 nitrogen and oxygen atoms in total. The first-order valence-electron chi connectivity index (χ1n) is 6.26. The van der Waals surface area contributed by atoms with Gasteiger partial charge >= 0.3 is 0 Å². The third-order valence-corrected chi connectivity index (χ3v) is 2.97. The topological polar surface area (TPSA) is 43.1 Å². The summed E-state index contributed by atoms with van der Waals surface area (Å²) in [5, 5.41) is 0. The van der Waals surface area contributed by atoms with Crippen molar-refractivity contribution in [2.45, 2.75) is 52.0 Å². The quantitative estimate of drug-likeness (QED) is 0.811. The standard InChI is InChI=1S/C15H23NO/c1-5-6-13(16)14(17)11-7-9-12(10-8-11)15(2,3)4/h7-10,13H,5-6,16H2,1-4H3. The van der Waals surface area contributed by atoms with E-state index in [0.717, 1.165) is 18.4 Å². The molecule has 1 aromatic rings. The zero-order valence-electron chi connectivity index (χ0n) is 11.3. The van der Waals surface area contributed by atoms with Crippen molar-refractivity contribution in [3.8, 4) is 0 Å². The zero-order chi connectivity index (χ0) is 13.1. The molecule has 2 heteroatoms. The predicted octanol–water partition coefficient (Wildman–Crippen LogP) is 3.29. The van der Waals surface area contributed by atoms with Gasteiger partial charge < -0.3 is 5.73 Å². The monoisotopic (exact) mass is 233 g/mol. The highest BCUT2D eigenvalue weighted by Gasteiger charge is 2.17. The van der Waals surface area contributed by atoms with E-state index in [1.165, 1.54) is 5.56 Å². The Balaban J connectivity index is 2.84. The molecule has 0 aliphatic heterocycles. The SMILES string of the molecule is CCCC(N)C(=O)c1ccc(C(C)(C)C)cc1. The van der Waals surface area contributed by atoms with Gasteiger partial charge in [-0.05, 0) is 17.4 Å². The third-order valence-electron chi connectivity index (χ3n) is 2.97. The van der Waals surface area contributed by atoms with Crippen LogP contribution in [0.2, 0.25) is 0 Å². The van der Waals surface area contributed by atoms with E-state index in [1.54, 1.807) is 0 Å². The summed E-state index contributed by atoms with van der Waals surface area (Å²) in [6, 6.07) is 7.45. The summed E-state index contributed by atoms with van der Waals surface area (Å²) in [6.07, 6.45) is 1.69. The van der Waals surface area contributed by atoms with Gasteiger partial charge in [-0.1, -0.05) is 58.4 Å². The van der Waals surface area contributed by atoms with Crippen molar-refractivity contribution in [2.24, 2.45) is 5.73 Å². The molecule has 94 valence electrons. The Morgan fingerprint density at radius 2 is 1.76 bits per heavy atom. The number of carbonyl (C=O) groups is 1. The molecule has 0 amide bonds. The number of Topliss-reactive ketones (excluding diaryl/α,β-unsaturated/α-hetero) is 1. The van der Waals surface area contributed by atoms with Gasteiger partial charge in [0.2, 0.25) is 0 Å². The van der Waals surface area contributed by atoms with Gasteiger partial charge in [-0.25, -0.2) is 0 Å². The zero-order valence-corrected chi connectivity index (χ0v) is 11.3. The van der Waals surface area contributed by atoms with Crippen LogP contribution in [0.5, 0.6) is 0 Å². The Labute approximate surface area is 104 Å². The second-order valence-electron chi connectivity index (χ2n) is 5.59. The van der Waals surface area contributed by atoms with Crippen LogP contribution in [0.4, 0.5) is 0 Å². The maximum absolute atomic E-state index is 12.0. The van der Waals surface area contributed by atoms with Crippen molar-refractivity contribution in [1.29, 1.82) is 0 Å². The first-order valence-corrected chi connectivity index (χ1v) is 6.26. The molecule has 0 aromatic heterocycles. The Morgan fingerprint density at radius 3 is 2.18 bits per heavy atom. The molecular weight excluding hydrogens is 210 g/mol. The van der Waals surface area contributed by atoms with Crippen molar-refractivity contribution >= 4 is 5.78 Å². The van der Waals surface area contributed by atoms with Crippen molar-refractivity contribution in [3.05, 3.63) is 35.4 Å². The van der Waals surface area contributed by atoms with Crippen LogP contribution < -0.4 is 5.73 Å². The maximum atomic E-state index is 12.0. The molecule has 1 unspecified atom stereocenters. The van der Waals surface area contributed by atoms with Gasteiger partial charge in [0.25, 0.3) is 0 Å². The smallest absolute Gasteiger partial charge is 0.179 e. The van der Waals surface area contributed by atoms with Gasteiger partial charge in [0.05, 0.1) is 6.04 Å². The Morgan fingerprint density at radius 1 is 1.24 bits per heavy atom. The van der Waals surface area contributed by atoms with Gasteiger partial charge in [-0.3, -0.25) is 4.79 Å². The molecule has 0 aliphatic carbocycles. The largest absolute Gasteiger partial charge is 0.321 e. The van der Waals surface area contributed by atoms with Gasteiger partial charge in [-0.15, -0.1) is 0 Å². The molecule has 1 aromatic carbocycles. The van der Waals surface area contributed by atoms with Crippen LogP contribution in [-0.2, 0) is 5.41 Å². The summed E-state index contributed by atoms with van der Waals surface area (Å²) in [5.74, 6) is 0.0484. The van der Waals surface area contributed by atoms with E-state index >= 15 is 0 Å². The fourth-order valence-electron chi connectivity index (χ4n) is 1.79. The van der Waals surface area contributed by atoms with Crippen LogP contribution in [-0.4, -0.2) is 11.8 Å². The summed E-state index contributed by atoms with van der Waals surface area (Å²) < 4.78 is 0. The lowest BCUT2D eigenvalue weighted by Crippen LogP contribution is -2.30. The van der Waals surface area contributed by atoms with Gasteiger partial charge in [0.1, 0.15) is 0 Å². The fraction of sp³-hybridized carbons (Fsp3) is 0.533. The van der Waals surface area contributed by atoms with Crippen molar-refractivity contribution in [1.82, 2.24) is 0 Å². The van der Waals surface area contributed by atoms with E-state index < -0.39 is 0 Å². The van der Waals surface area contributed by atoms with Crippen LogP contribution in [0.1, 0.15) is 56.5 Å². The lowest BCUT2D eigenvalue weighted by atomic mass is 9.86. The van der Waals surface area contributed by atoms with E-state index in [9.17, 15) is 4.79 Å². The van der Waals surface area contributed by atoms with Crippen molar-refractivity contribution in [3.63, 3.8) is 0 Å².